The Morgan fingerprint density at radius 2 is 1.74 bits per heavy atom. The van der Waals surface area contributed by atoms with E-state index < -0.39 is 32.3 Å². The number of carbonyl (C=O) groups excluding carboxylic acids is 1. The molecule has 8 atom stereocenters. The van der Waals surface area contributed by atoms with Gasteiger partial charge in [-0.2, -0.15) is 0 Å². The van der Waals surface area contributed by atoms with Crippen molar-refractivity contribution in [2.24, 2.45) is 46.3 Å². The zero-order chi connectivity index (χ0) is 43.4. The molecule has 0 aromatic carbocycles. The zero-order valence-electron chi connectivity index (χ0n) is 41.7. The molecule has 0 unspecified atom stereocenters. The maximum atomic E-state index is 12.9. The van der Waals surface area contributed by atoms with Crippen molar-refractivity contribution < 1.29 is 24.6 Å². The molecule has 4 aliphatic rings. The van der Waals surface area contributed by atoms with E-state index in [9.17, 15) is 4.79 Å². The summed E-state index contributed by atoms with van der Waals surface area (Å²) in [5.41, 5.74) is 2.30. The number of fused-ring (bicyclic) bond motifs is 5. The van der Waals surface area contributed by atoms with Crippen LogP contribution in [0.25, 0.3) is 0 Å². The molecule has 4 aliphatic carbocycles. The molecular formula is C45H76O2. The van der Waals surface area contributed by atoms with E-state index >= 15 is 0 Å². The lowest BCUT2D eigenvalue weighted by molar-refractivity contribution is -0.151. The minimum atomic E-state index is -3.63. The van der Waals surface area contributed by atoms with Crippen molar-refractivity contribution in [3.05, 3.63) is 36.0 Å². The minimum absolute atomic E-state index is 0.00202. The number of esters is 1. The fourth-order valence-electron chi connectivity index (χ4n) is 10.6. The summed E-state index contributed by atoms with van der Waals surface area (Å²) >= 11 is 0. The lowest BCUT2D eigenvalue weighted by atomic mass is 9.47. The van der Waals surface area contributed by atoms with Crippen molar-refractivity contribution in [1.82, 2.24) is 0 Å². The molecule has 0 bridgehead atoms. The number of rotatable bonds is 20. The third-order valence-corrected chi connectivity index (χ3v) is 13.1. The summed E-state index contributed by atoms with van der Waals surface area (Å²) in [4.78, 5) is 12.9. The maximum absolute atomic E-state index is 12.9. The molecule has 3 saturated carbocycles. The van der Waals surface area contributed by atoms with Crippen LogP contribution in [0.2, 0.25) is 0 Å². The summed E-state index contributed by atoms with van der Waals surface area (Å²) in [5.74, 6) is 4.84. The predicted octanol–water partition coefficient (Wildman–Crippen LogP) is 13.8. The molecule has 0 saturated heterocycles. The summed E-state index contributed by atoms with van der Waals surface area (Å²) in [6.45, 7) is 8.97. The second-order valence-electron chi connectivity index (χ2n) is 16.6. The molecule has 0 aliphatic heterocycles. The van der Waals surface area contributed by atoms with E-state index in [4.69, 9.17) is 19.8 Å². The first-order valence-electron chi connectivity index (χ1n) is 25.0. The average molecular weight is 660 g/mol. The molecule has 0 aromatic rings. The van der Waals surface area contributed by atoms with Crippen LogP contribution in [0, 0.1) is 46.3 Å². The highest BCUT2D eigenvalue weighted by molar-refractivity contribution is 5.69. The Morgan fingerprint density at radius 1 is 0.936 bits per heavy atom. The van der Waals surface area contributed by atoms with Crippen molar-refractivity contribution in [3.8, 4) is 0 Å². The van der Waals surface area contributed by atoms with Crippen LogP contribution in [0.15, 0.2) is 36.0 Å². The Morgan fingerprint density at radius 3 is 2.57 bits per heavy atom. The second-order valence-corrected chi connectivity index (χ2v) is 16.6. The number of hydrogen-bond acceptors (Lipinski definition) is 2. The highest BCUT2D eigenvalue weighted by atomic mass is 16.5. The van der Waals surface area contributed by atoms with Crippen molar-refractivity contribution in [2.45, 2.75) is 195 Å². The Bertz CT molecular complexity index is 1450. The smallest absolute Gasteiger partial charge is 0.306 e. The first-order chi connectivity index (χ1) is 26.8. The molecule has 0 amide bonds. The quantitative estimate of drug-likeness (QED) is 0.0738. The molecule has 0 N–H and O–H groups in total. The fraction of sp³-hybridized carbons (Fsp3) is 0.844. The minimum Gasteiger partial charge on any atom is -0.462 e. The van der Waals surface area contributed by atoms with Gasteiger partial charge in [-0.25, -0.2) is 0 Å². The van der Waals surface area contributed by atoms with Gasteiger partial charge in [0.2, 0.25) is 0 Å². The molecule has 47 heavy (non-hydrogen) atoms. The van der Waals surface area contributed by atoms with Crippen molar-refractivity contribution in [1.29, 1.82) is 0 Å². The van der Waals surface area contributed by atoms with Crippen LogP contribution in [0.4, 0.5) is 0 Å². The first-order valence-corrected chi connectivity index (χ1v) is 19.5. The van der Waals surface area contributed by atoms with Crippen LogP contribution in [-0.2, 0) is 9.53 Å². The van der Waals surface area contributed by atoms with Crippen LogP contribution in [0.3, 0.4) is 0 Å². The Hall–Kier alpha value is -1.31. The Labute approximate surface area is 307 Å². The van der Waals surface area contributed by atoms with E-state index in [0.29, 0.717) is 11.8 Å². The summed E-state index contributed by atoms with van der Waals surface area (Å²) < 4.78 is 91.4. The summed E-state index contributed by atoms with van der Waals surface area (Å²) in [5, 5.41) is 0. The van der Waals surface area contributed by atoms with Gasteiger partial charge in [0.05, 0.1) is 0 Å². The van der Waals surface area contributed by atoms with Gasteiger partial charge in [-0.3, -0.25) is 4.79 Å². The first kappa shape index (κ1) is 25.6. The number of hydrogen-bond donors (Lipinski definition) is 0. The van der Waals surface area contributed by atoms with Gasteiger partial charge in [0.25, 0.3) is 0 Å². The van der Waals surface area contributed by atoms with E-state index in [1.165, 1.54) is 57.4 Å². The summed E-state index contributed by atoms with van der Waals surface area (Å²) in [6, 6.07) is 0. The van der Waals surface area contributed by atoms with Crippen LogP contribution in [-0.4, -0.2) is 12.1 Å². The van der Waals surface area contributed by atoms with Gasteiger partial charge in [-0.1, -0.05) is 129 Å². The van der Waals surface area contributed by atoms with Crippen LogP contribution >= 0.6 is 0 Å². The SMILES string of the molecule is [2H]C([2H])([2H])C([2H])([2H])C([2H])([2H])C([2H])([2H])C([2H])([2H])/C=C\C/C=C\CCCCCCCC(=O)O[C@H]1CC[C@@]2(C)C(=CC[C@H]3[C@@H]4CC[C@H]([C@H](C)CCCC(C)C)[C@@]4(C)CC[C@@H]32)C1. The molecular weight excluding hydrogens is 572 g/mol. The highest BCUT2D eigenvalue weighted by Gasteiger charge is 2.59. The van der Waals surface area contributed by atoms with Gasteiger partial charge in [-0.05, 0) is 130 Å². The van der Waals surface area contributed by atoms with E-state index in [-0.39, 0.29) is 23.9 Å². The van der Waals surface area contributed by atoms with Crippen LogP contribution < -0.4 is 0 Å². The van der Waals surface area contributed by atoms with Crippen LogP contribution in [0.1, 0.15) is 204 Å². The van der Waals surface area contributed by atoms with Gasteiger partial charge in [-0.15, -0.1) is 0 Å². The topological polar surface area (TPSA) is 26.3 Å². The van der Waals surface area contributed by atoms with Gasteiger partial charge in [0, 0.05) is 27.9 Å². The molecule has 2 nitrogen and oxygen atoms in total. The molecule has 2 heteroatoms. The molecule has 0 aromatic heterocycles. The number of carbonyl (C=O) groups is 1. The Kier molecular flexibility index (Phi) is 10.5. The molecule has 268 valence electrons. The third-order valence-electron chi connectivity index (χ3n) is 13.1. The van der Waals surface area contributed by atoms with Gasteiger partial charge in [0.15, 0.2) is 0 Å². The second kappa shape index (κ2) is 19.2. The van der Waals surface area contributed by atoms with Crippen molar-refractivity contribution in [3.63, 3.8) is 0 Å². The highest BCUT2D eigenvalue weighted by Crippen LogP contribution is 2.67. The van der Waals surface area contributed by atoms with Gasteiger partial charge >= 0.3 is 5.97 Å². The molecule has 0 radical (unpaired) electrons. The lowest BCUT2D eigenvalue weighted by Crippen LogP contribution is -2.51. The van der Waals surface area contributed by atoms with Gasteiger partial charge in [0.1, 0.15) is 6.10 Å². The van der Waals surface area contributed by atoms with Crippen molar-refractivity contribution in [2.75, 3.05) is 0 Å². The largest absolute Gasteiger partial charge is 0.462 e. The van der Waals surface area contributed by atoms with E-state index in [1.807, 2.05) is 6.08 Å². The normalized spacial score (nSPS) is 37.7. The fourth-order valence-corrected chi connectivity index (χ4v) is 10.6. The number of unbranched alkanes of at least 4 members (excludes halogenated alkanes) is 5. The molecule has 3 fully saturated rings. The monoisotopic (exact) mass is 660 g/mol. The maximum Gasteiger partial charge on any atom is 0.306 e. The predicted molar refractivity (Wildman–Crippen MR) is 202 cm³/mol. The van der Waals surface area contributed by atoms with Crippen LogP contribution in [0.5, 0.6) is 0 Å². The van der Waals surface area contributed by atoms with Crippen molar-refractivity contribution >= 4 is 5.97 Å². The molecule has 4 rings (SSSR count). The number of allylic oxidation sites excluding steroid dienone is 5. The standard InChI is InChI=1S/C45H76O2/c1-7-8-9-10-11-12-13-14-15-16-17-18-19-20-21-25-43(46)47-38-30-32-44(5)37(34-38)26-27-39-41-29-28-40(36(4)24-22-23-35(2)3)45(41,6)33-31-42(39)44/h11-12,14-15,26,35-36,38-42H,7-10,13,16-25,27-34H2,1-6H3/b12-11-,15-14-/t36-,38+,39+,40-,41+,42+,44+,45-/m1/s1/i1D3,7D2,8D2,9D2,10D2. The van der Waals surface area contributed by atoms with E-state index in [0.717, 1.165) is 99.4 Å². The summed E-state index contributed by atoms with van der Waals surface area (Å²) in [7, 11) is 0. The molecule has 0 spiro atoms. The summed E-state index contributed by atoms with van der Waals surface area (Å²) in [6.07, 6.45) is 15.0. The number of ether oxygens (including phenoxy) is 1. The van der Waals surface area contributed by atoms with E-state index in [1.54, 1.807) is 11.6 Å². The lowest BCUT2D eigenvalue weighted by Gasteiger charge is -2.58. The molecule has 0 heterocycles. The third kappa shape index (κ3) is 10.6. The van der Waals surface area contributed by atoms with Gasteiger partial charge < -0.3 is 4.74 Å². The Balaban J connectivity index is 1.12. The zero-order valence-corrected chi connectivity index (χ0v) is 30.7. The average Bonchev–Trinajstić information content (AvgIpc) is 3.48. The van der Waals surface area contributed by atoms with E-state index in [2.05, 4.69) is 40.7 Å².